The molecule has 184 valence electrons. The van der Waals surface area contributed by atoms with Crippen LogP contribution >= 0.6 is 0 Å². The standard InChI is InChI=1S/C26H20F3N3O4/c1-2-35-23(33)16-36-20-12-10-17(11-13-20)15-30-32-24(18-6-5-7-19(14-18)26(27,28)29)31-22-9-4-3-8-21(22)25(32)34/h3-15H,2,16H2,1H3. The maximum absolute atomic E-state index is 13.3. The number of alkyl halides is 3. The molecule has 0 aliphatic rings. The molecule has 1 aromatic heterocycles. The van der Waals surface area contributed by atoms with Crippen LogP contribution in [0, 0.1) is 0 Å². The Morgan fingerprint density at radius 2 is 1.81 bits per heavy atom. The molecular weight excluding hydrogens is 475 g/mol. The van der Waals surface area contributed by atoms with Gasteiger partial charge in [-0.15, -0.1) is 0 Å². The van der Waals surface area contributed by atoms with E-state index in [9.17, 15) is 22.8 Å². The molecule has 0 bridgehead atoms. The zero-order chi connectivity index (χ0) is 25.7. The van der Waals surface area contributed by atoms with Crippen LogP contribution in [0.4, 0.5) is 13.2 Å². The maximum Gasteiger partial charge on any atom is 0.416 e. The molecular formula is C26H20F3N3O4. The lowest BCUT2D eigenvalue weighted by Crippen LogP contribution is -2.20. The fraction of sp³-hybridized carbons (Fsp3) is 0.154. The van der Waals surface area contributed by atoms with Crippen molar-refractivity contribution >= 4 is 23.1 Å². The number of carbonyl (C=O) groups is 1. The van der Waals surface area contributed by atoms with Crippen LogP contribution in [0.2, 0.25) is 0 Å². The Labute approximate surface area is 203 Å². The average Bonchev–Trinajstić information content (AvgIpc) is 2.87. The predicted octanol–water partition coefficient (Wildman–Crippen LogP) is 4.91. The van der Waals surface area contributed by atoms with Gasteiger partial charge in [0, 0.05) is 5.56 Å². The summed E-state index contributed by atoms with van der Waals surface area (Å²) in [7, 11) is 0. The molecule has 0 aliphatic heterocycles. The molecule has 0 atom stereocenters. The van der Waals surface area contributed by atoms with E-state index in [1.165, 1.54) is 18.3 Å². The Kier molecular flexibility index (Phi) is 7.14. The Hall–Kier alpha value is -4.47. The Morgan fingerprint density at radius 3 is 2.53 bits per heavy atom. The number of para-hydroxylation sites is 1. The first-order valence-corrected chi connectivity index (χ1v) is 10.9. The molecule has 0 saturated carbocycles. The van der Waals surface area contributed by atoms with Crippen LogP contribution in [0.15, 0.2) is 82.7 Å². The summed E-state index contributed by atoms with van der Waals surface area (Å²) in [5.41, 5.74) is -0.388. The maximum atomic E-state index is 13.3. The first-order chi connectivity index (χ1) is 17.3. The summed E-state index contributed by atoms with van der Waals surface area (Å²) in [6.07, 6.45) is -3.18. The SMILES string of the molecule is CCOC(=O)COc1ccc(C=Nn2c(-c3cccc(C(F)(F)F)c3)nc3ccccc3c2=O)cc1. The number of fused-ring (bicyclic) bond motifs is 1. The highest BCUT2D eigenvalue weighted by atomic mass is 19.4. The van der Waals surface area contributed by atoms with Crippen LogP contribution in [0.1, 0.15) is 18.1 Å². The lowest BCUT2D eigenvalue weighted by atomic mass is 10.1. The van der Waals surface area contributed by atoms with Crippen LogP contribution in [-0.4, -0.2) is 35.1 Å². The molecule has 1 heterocycles. The van der Waals surface area contributed by atoms with E-state index in [2.05, 4.69) is 10.1 Å². The average molecular weight is 495 g/mol. The van der Waals surface area contributed by atoms with Gasteiger partial charge < -0.3 is 9.47 Å². The molecule has 0 saturated heterocycles. The second-order valence-corrected chi connectivity index (χ2v) is 7.56. The smallest absolute Gasteiger partial charge is 0.416 e. The predicted molar refractivity (Wildman–Crippen MR) is 128 cm³/mol. The highest BCUT2D eigenvalue weighted by molar-refractivity contribution is 5.82. The molecule has 10 heteroatoms. The monoisotopic (exact) mass is 495 g/mol. The van der Waals surface area contributed by atoms with Gasteiger partial charge in [0.2, 0.25) is 0 Å². The summed E-state index contributed by atoms with van der Waals surface area (Å²) in [6, 6.07) is 17.6. The van der Waals surface area contributed by atoms with E-state index in [-0.39, 0.29) is 30.0 Å². The minimum atomic E-state index is -4.56. The minimum absolute atomic E-state index is 0.0320. The third-order valence-electron chi connectivity index (χ3n) is 5.07. The van der Waals surface area contributed by atoms with Crippen LogP contribution < -0.4 is 10.3 Å². The van der Waals surface area contributed by atoms with Gasteiger partial charge in [-0.25, -0.2) is 9.78 Å². The van der Waals surface area contributed by atoms with E-state index in [0.717, 1.165) is 16.8 Å². The van der Waals surface area contributed by atoms with Crippen molar-refractivity contribution in [1.29, 1.82) is 0 Å². The summed E-state index contributed by atoms with van der Waals surface area (Å²) < 4.78 is 51.0. The van der Waals surface area contributed by atoms with E-state index in [1.807, 2.05) is 0 Å². The topological polar surface area (TPSA) is 82.8 Å². The second-order valence-electron chi connectivity index (χ2n) is 7.56. The number of nitrogens with zero attached hydrogens (tertiary/aromatic N) is 3. The van der Waals surface area contributed by atoms with Crippen LogP contribution in [0.25, 0.3) is 22.3 Å². The highest BCUT2D eigenvalue weighted by Crippen LogP contribution is 2.31. The van der Waals surface area contributed by atoms with Crippen molar-refractivity contribution in [2.75, 3.05) is 13.2 Å². The third kappa shape index (κ3) is 5.60. The van der Waals surface area contributed by atoms with Gasteiger partial charge in [0.05, 0.1) is 29.3 Å². The molecule has 0 N–H and O–H groups in total. The van der Waals surface area contributed by atoms with Gasteiger partial charge in [0.15, 0.2) is 12.4 Å². The van der Waals surface area contributed by atoms with Crippen molar-refractivity contribution in [3.63, 3.8) is 0 Å². The summed E-state index contributed by atoms with van der Waals surface area (Å²) in [5.74, 6) is -0.0988. The van der Waals surface area contributed by atoms with Crippen molar-refractivity contribution in [1.82, 2.24) is 9.66 Å². The molecule has 0 aliphatic carbocycles. The summed E-state index contributed by atoms with van der Waals surface area (Å²) >= 11 is 0. The normalized spacial score (nSPS) is 11.7. The van der Waals surface area contributed by atoms with E-state index in [1.54, 1.807) is 55.5 Å². The Bertz CT molecular complexity index is 1480. The summed E-state index contributed by atoms with van der Waals surface area (Å²) in [5, 5.41) is 4.51. The molecule has 0 fully saturated rings. The largest absolute Gasteiger partial charge is 0.482 e. The van der Waals surface area contributed by atoms with E-state index in [4.69, 9.17) is 9.47 Å². The number of aromatic nitrogens is 2. The highest BCUT2D eigenvalue weighted by Gasteiger charge is 2.31. The van der Waals surface area contributed by atoms with Gasteiger partial charge in [0.25, 0.3) is 5.56 Å². The molecule has 36 heavy (non-hydrogen) atoms. The zero-order valence-electron chi connectivity index (χ0n) is 19.0. The van der Waals surface area contributed by atoms with Gasteiger partial charge in [0.1, 0.15) is 5.75 Å². The quantitative estimate of drug-likeness (QED) is 0.269. The van der Waals surface area contributed by atoms with E-state index in [0.29, 0.717) is 16.8 Å². The van der Waals surface area contributed by atoms with Crippen molar-refractivity contribution < 1.29 is 27.4 Å². The number of ether oxygens (including phenoxy) is 2. The molecule has 0 unspecified atom stereocenters. The first kappa shape index (κ1) is 24.6. The van der Waals surface area contributed by atoms with E-state index < -0.39 is 23.3 Å². The molecule has 4 rings (SSSR count). The van der Waals surface area contributed by atoms with Crippen LogP contribution in [-0.2, 0) is 15.7 Å². The molecule has 4 aromatic rings. The number of hydrogen-bond acceptors (Lipinski definition) is 6. The van der Waals surface area contributed by atoms with Gasteiger partial charge in [-0.05, 0) is 61.0 Å². The lowest BCUT2D eigenvalue weighted by molar-refractivity contribution is -0.145. The number of carbonyl (C=O) groups excluding carboxylic acids is 1. The van der Waals surface area contributed by atoms with Crippen molar-refractivity contribution in [2.45, 2.75) is 13.1 Å². The van der Waals surface area contributed by atoms with E-state index >= 15 is 0 Å². The molecule has 0 spiro atoms. The number of hydrogen-bond donors (Lipinski definition) is 0. The van der Waals surface area contributed by atoms with Gasteiger partial charge in [-0.2, -0.15) is 22.9 Å². The number of rotatable bonds is 7. The number of esters is 1. The van der Waals surface area contributed by atoms with Crippen molar-refractivity contribution in [3.8, 4) is 17.1 Å². The second kappa shape index (κ2) is 10.4. The van der Waals surface area contributed by atoms with Gasteiger partial charge in [-0.1, -0.05) is 24.3 Å². The van der Waals surface area contributed by atoms with Crippen LogP contribution in [0.5, 0.6) is 5.75 Å². The van der Waals surface area contributed by atoms with Gasteiger partial charge >= 0.3 is 12.1 Å². The zero-order valence-corrected chi connectivity index (χ0v) is 19.0. The van der Waals surface area contributed by atoms with Gasteiger partial charge in [-0.3, -0.25) is 4.79 Å². The molecule has 0 amide bonds. The Morgan fingerprint density at radius 1 is 1.06 bits per heavy atom. The molecule has 3 aromatic carbocycles. The fourth-order valence-electron chi connectivity index (χ4n) is 3.37. The van der Waals surface area contributed by atoms with Crippen molar-refractivity contribution in [3.05, 3.63) is 94.3 Å². The lowest BCUT2D eigenvalue weighted by Gasteiger charge is -2.12. The summed E-state index contributed by atoms with van der Waals surface area (Å²) in [4.78, 5) is 29.1. The molecule has 0 radical (unpaired) electrons. The number of benzene rings is 3. The van der Waals surface area contributed by atoms with Crippen LogP contribution in [0.3, 0.4) is 0 Å². The van der Waals surface area contributed by atoms with Crippen molar-refractivity contribution in [2.24, 2.45) is 5.10 Å². The number of halogens is 3. The summed E-state index contributed by atoms with van der Waals surface area (Å²) in [6.45, 7) is 1.71. The fourth-order valence-corrected chi connectivity index (χ4v) is 3.37. The first-order valence-electron chi connectivity index (χ1n) is 10.9. The minimum Gasteiger partial charge on any atom is -0.482 e. The molecule has 7 nitrogen and oxygen atoms in total. The Balaban J connectivity index is 1.70. The third-order valence-corrected chi connectivity index (χ3v) is 5.07.